The van der Waals surface area contributed by atoms with Crippen molar-refractivity contribution in [2.24, 2.45) is 16.8 Å². The van der Waals surface area contributed by atoms with Crippen LogP contribution in [0.3, 0.4) is 0 Å². The molecule has 2 saturated carbocycles. The predicted octanol–water partition coefficient (Wildman–Crippen LogP) is 3.31. The second kappa shape index (κ2) is 6.17. The zero-order valence-corrected chi connectivity index (χ0v) is 14.8. The first kappa shape index (κ1) is 16.1. The Balaban J connectivity index is 1.67. The molecule has 0 amide bonds. The second-order valence-corrected chi connectivity index (χ2v) is 7.10. The van der Waals surface area contributed by atoms with E-state index in [2.05, 4.69) is 25.3 Å². The molecule has 1 N–H and O–H groups in total. The SMILES string of the molecule is C/N=C(/c1ncc(F)c(NC2CCC3CC32)n1)c1cc(C)cnc1C. The van der Waals surface area contributed by atoms with Crippen molar-refractivity contribution in [3.05, 3.63) is 46.9 Å². The molecule has 0 saturated heterocycles. The number of rotatable bonds is 4. The highest BCUT2D eigenvalue weighted by atomic mass is 19.1. The second-order valence-electron chi connectivity index (χ2n) is 7.10. The van der Waals surface area contributed by atoms with Gasteiger partial charge in [-0.1, -0.05) is 0 Å². The molecule has 2 aromatic rings. The van der Waals surface area contributed by atoms with Crippen molar-refractivity contribution in [1.82, 2.24) is 15.0 Å². The Kier molecular flexibility index (Phi) is 3.98. The normalized spacial score (nSPS) is 25.0. The lowest BCUT2D eigenvalue weighted by Crippen LogP contribution is -2.22. The van der Waals surface area contributed by atoms with Crippen molar-refractivity contribution in [2.75, 3.05) is 12.4 Å². The van der Waals surface area contributed by atoms with Crippen LogP contribution in [0.15, 0.2) is 23.5 Å². The fourth-order valence-electron chi connectivity index (χ4n) is 3.86. The number of fused-ring (bicyclic) bond motifs is 1. The quantitative estimate of drug-likeness (QED) is 0.868. The van der Waals surface area contributed by atoms with Gasteiger partial charge in [-0.15, -0.1) is 0 Å². The Morgan fingerprint density at radius 2 is 2.08 bits per heavy atom. The zero-order valence-electron chi connectivity index (χ0n) is 14.8. The highest BCUT2D eigenvalue weighted by Crippen LogP contribution is 2.52. The highest BCUT2D eigenvalue weighted by Gasteiger charge is 2.48. The lowest BCUT2D eigenvalue weighted by atomic mass is 10.1. The van der Waals surface area contributed by atoms with Crippen molar-refractivity contribution >= 4 is 11.5 Å². The molecule has 3 unspecified atom stereocenters. The molecule has 3 atom stereocenters. The van der Waals surface area contributed by atoms with Crippen molar-refractivity contribution in [3.63, 3.8) is 0 Å². The summed E-state index contributed by atoms with van der Waals surface area (Å²) in [5.41, 5.74) is 3.40. The van der Waals surface area contributed by atoms with Crippen molar-refractivity contribution < 1.29 is 4.39 Å². The van der Waals surface area contributed by atoms with E-state index in [1.165, 1.54) is 19.0 Å². The molecule has 0 spiro atoms. The first-order chi connectivity index (χ1) is 12.1. The molecule has 2 fully saturated rings. The summed E-state index contributed by atoms with van der Waals surface area (Å²) in [5, 5.41) is 3.30. The molecule has 130 valence electrons. The van der Waals surface area contributed by atoms with E-state index in [1.54, 1.807) is 7.05 Å². The third-order valence-electron chi connectivity index (χ3n) is 5.32. The van der Waals surface area contributed by atoms with Gasteiger partial charge in [0.05, 0.1) is 6.20 Å². The predicted molar refractivity (Wildman–Crippen MR) is 95.5 cm³/mol. The van der Waals surface area contributed by atoms with Gasteiger partial charge in [0.15, 0.2) is 17.5 Å². The maximum Gasteiger partial charge on any atom is 0.183 e. The van der Waals surface area contributed by atoms with Gasteiger partial charge in [-0.2, -0.15) is 0 Å². The number of halogens is 1. The van der Waals surface area contributed by atoms with Crippen LogP contribution >= 0.6 is 0 Å². The molecule has 6 heteroatoms. The summed E-state index contributed by atoms with van der Waals surface area (Å²) in [6.45, 7) is 3.91. The summed E-state index contributed by atoms with van der Waals surface area (Å²) in [4.78, 5) is 17.4. The number of anilines is 1. The molecule has 2 aliphatic carbocycles. The van der Waals surface area contributed by atoms with Gasteiger partial charge in [0.1, 0.15) is 5.71 Å². The van der Waals surface area contributed by atoms with Gasteiger partial charge in [-0.25, -0.2) is 14.4 Å². The van der Waals surface area contributed by atoms with Crippen LogP contribution in [0.1, 0.15) is 41.9 Å². The van der Waals surface area contributed by atoms with E-state index < -0.39 is 5.82 Å². The van der Waals surface area contributed by atoms with Gasteiger partial charge < -0.3 is 5.32 Å². The number of aryl methyl sites for hydroxylation is 2. The lowest BCUT2D eigenvalue weighted by Gasteiger charge is -2.16. The van der Waals surface area contributed by atoms with Crippen LogP contribution < -0.4 is 5.32 Å². The third kappa shape index (κ3) is 3.01. The fourth-order valence-corrected chi connectivity index (χ4v) is 3.86. The third-order valence-corrected chi connectivity index (χ3v) is 5.32. The largest absolute Gasteiger partial charge is 0.364 e. The summed E-state index contributed by atoms with van der Waals surface area (Å²) < 4.78 is 14.2. The number of hydrogen-bond donors (Lipinski definition) is 1. The average Bonchev–Trinajstić information content (AvgIpc) is 3.28. The Morgan fingerprint density at radius 1 is 1.24 bits per heavy atom. The van der Waals surface area contributed by atoms with E-state index >= 15 is 0 Å². The zero-order chi connectivity index (χ0) is 17.6. The topological polar surface area (TPSA) is 63.1 Å². The molecule has 2 aromatic heterocycles. The van der Waals surface area contributed by atoms with Crippen LogP contribution in [0, 0.1) is 31.5 Å². The summed E-state index contributed by atoms with van der Waals surface area (Å²) >= 11 is 0. The van der Waals surface area contributed by atoms with E-state index in [-0.39, 0.29) is 5.82 Å². The summed E-state index contributed by atoms with van der Waals surface area (Å²) in [7, 11) is 1.70. The molecule has 5 nitrogen and oxygen atoms in total. The molecular weight excluding hydrogens is 317 g/mol. The monoisotopic (exact) mass is 339 g/mol. The van der Waals surface area contributed by atoms with E-state index in [9.17, 15) is 4.39 Å². The Labute approximate surface area is 146 Å². The highest BCUT2D eigenvalue weighted by molar-refractivity contribution is 6.11. The van der Waals surface area contributed by atoms with Gasteiger partial charge >= 0.3 is 0 Å². The minimum absolute atomic E-state index is 0.280. The Morgan fingerprint density at radius 3 is 2.76 bits per heavy atom. The van der Waals surface area contributed by atoms with E-state index in [4.69, 9.17) is 0 Å². The summed E-state index contributed by atoms with van der Waals surface area (Å²) in [6.07, 6.45) is 6.62. The molecule has 2 aliphatic rings. The minimum Gasteiger partial charge on any atom is -0.364 e. The molecule has 0 bridgehead atoms. The number of pyridine rings is 1. The maximum absolute atomic E-state index is 14.2. The number of nitrogens with one attached hydrogen (secondary N) is 1. The smallest absolute Gasteiger partial charge is 0.183 e. The molecule has 4 rings (SSSR count). The van der Waals surface area contributed by atoms with Gasteiger partial charge in [0.25, 0.3) is 0 Å². The first-order valence-electron chi connectivity index (χ1n) is 8.76. The summed E-state index contributed by atoms with van der Waals surface area (Å²) in [5.74, 6) is 1.80. The Hall–Kier alpha value is -2.37. The van der Waals surface area contributed by atoms with Gasteiger partial charge in [-0.05, 0) is 56.6 Å². The number of hydrogen-bond acceptors (Lipinski definition) is 5. The van der Waals surface area contributed by atoms with Gasteiger partial charge in [0, 0.05) is 30.5 Å². The van der Waals surface area contributed by atoms with Crippen molar-refractivity contribution in [2.45, 2.75) is 39.2 Å². The van der Waals surface area contributed by atoms with Crippen LogP contribution in [0.25, 0.3) is 0 Å². The molecular formula is C19H22FN5. The van der Waals surface area contributed by atoms with Crippen LogP contribution in [-0.4, -0.2) is 33.8 Å². The van der Waals surface area contributed by atoms with E-state index in [0.717, 1.165) is 29.2 Å². The van der Waals surface area contributed by atoms with Crippen LogP contribution in [0.4, 0.5) is 10.2 Å². The van der Waals surface area contributed by atoms with E-state index in [0.29, 0.717) is 23.5 Å². The van der Waals surface area contributed by atoms with Gasteiger partial charge in [0.2, 0.25) is 0 Å². The molecule has 0 aromatic carbocycles. The molecule has 2 heterocycles. The number of aliphatic imine (C=N–C) groups is 1. The van der Waals surface area contributed by atoms with Crippen LogP contribution in [0.2, 0.25) is 0 Å². The fraction of sp³-hybridized carbons (Fsp3) is 0.474. The first-order valence-corrected chi connectivity index (χ1v) is 8.76. The average molecular weight is 339 g/mol. The molecule has 0 radical (unpaired) electrons. The minimum atomic E-state index is -0.414. The van der Waals surface area contributed by atoms with E-state index in [1.807, 2.05) is 26.1 Å². The number of aromatic nitrogens is 3. The number of nitrogens with zero attached hydrogens (tertiary/aromatic N) is 4. The molecule has 0 aliphatic heterocycles. The Bertz CT molecular complexity index is 848. The summed E-state index contributed by atoms with van der Waals surface area (Å²) in [6, 6.07) is 2.34. The molecule has 25 heavy (non-hydrogen) atoms. The van der Waals surface area contributed by atoms with Crippen LogP contribution in [-0.2, 0) is 0 Å². The van der Waals surface area contributed by atoms with Crippen molar-refractivity contribution in [1.29, 1.82) is 0 Å². The standard InChI is InChI=1S/C19H22FN5/c1-10-6-13(11(2)22-8-10)17(21-3)19-23-9-15(20)18(25-19)24-16-5-4-12-7-14(12)16/h6,8-9,12,14,16H,4-5,7H2,1-3H3,(H,23,24,25)/b21-17+. The maximum atomic E-state index is 14.2. The van der Waals surface area contributed by atoms with Gasteiger partial charge in [-0.3, -0.25) is 9.98 Å². The lowest BCUT2D eigenvalue weighted by molar-refractivity contribution is 0.598. The van der Waals surface area contributed by atoms with Crippen LogP contribution in [0.5, 0.6) is 0 Å². The van der Waals surface area contributed by atoms with Crippen molar-refractivity contribution in [3.8, 4) is 0 Å².